The monoisotopic (exact) mass is 433 g/mol. The molecule has 0 saturated heterocycles. The molecule has 6 nitrogen and oxygen atoms in total. The number of unbranched alkanes of at least 4 members (excludes halogenated alkanes) is 6. The first-order valence-electron chi connectivity index (χ1n) is 12.5. The summed E-state index contributed by atoms with van der Waals surface area (Å²) < 4.78 is 27.7. The molecule has 0 aromatic heterocycles. The van der Waals surface area contributed by atoms with Crippen molar-refractivity contribution in [1.82, 2.24) is 4.90 Å². The molecule has 0 aromatic carbocycles. The summed E-state index contributed by atoms with van der Waals surface area (Å²) in [6, 6.07) is 0. The lowest BCUT2D eigenvalue weighted by Gasteiger charge is -2.22. The molecule has 0 N–H and O–H groups in total. The zero-order chi connectivity index (χ0) is 22.0. The van der Waals surface area contributed by atoms with Gasteiger partial charge in [0.2, 0.25) is 0 Å². The standard InChI is InChI=1S/C24H51NO5/c1-4-7-9-10-11-12-13-25(14-17-27-16-8-5-2)15-18-28-21-22-30-24-23-29-20-19-26-6-3/h4-24H2,1-3H3. The Morgan fingerprint density at radius 1 is 0.400 bits per heavy atom. The van der Waals surface area contributed by atoms with Gasteiger partial charge in [0.05, 0.1) is 52.9 Å². The molecule has 0 amide bonds. The number of nitrogens with zero attached hydrogens (tertiary/aromatic N) is 1. The maximum absolute atomic E-state index is 5.76. The van der Waals surface area contributed by atoms with E-state index in [-0.39, 0.29) is 0 Å². The first-order valence-corrected chi connectivity index (χ1v) is 12.5. The molecule has 0 bridgehead atoms. The molecule has 0 spiro atoms. The molecule has 0 aliphatic heterocycles. The van der Waals surface area contributed by atoms with Gasteiger partial charge in [-0.3, -0.25) is 4.90 Å². The van der Waals surface area contributed by atoms with Crippen LogP contribution in [-0.4, -0.2) is 90.6 Å². The summed E-state index contributed by atoms with van der Waals surface area (Å²) in [5.74, 6) is 0. The first kappa shape index (κ1) is 29.8. The molecule has 30 heavy (non-hydrogen) atoms. The van der Waals surface area contributed by atoms with Gasteiger partial charge in [-0.2, -0.15) is 0 Å². The van der Waals surface area contributed by atoms with E-state index in [1.807, 2.05) is 6.92 Å². The highest BCUT2D eigenvalue weighted by molar-refractivity contribution is 4.58. The van der Waals surface area contributed by atoms with Gasteiger partial charge >= 0.3 is 0 Å². The Kier molecular flexibility index (Phi) is 26.6. The Morgan fingerprint density at radius 3 is 1.43 bits per heavy atom. The van der Waals surface area contributed by atoms with Gasteiger partial charge in [0.15, 0.2) is 0 Å². The molecule has 0 radical (unpaired) electrons. The van der Waals surface area contributed by atoms with Crippen LogP contribution in [0.15, 0.2) is 0 Å². The van der Waals surface area contributed by atoms with E-state index in [1.54, 1.807) is 0 Å². The Morgan fingerprint density at radius 2 is 0.867 bits per heavy atom. The van der Waals surface area contributed by atoms with Gasteiger partial charge in [-0.1, -0.05) is 52.4 Å². The fourth-order valence-electron chi connectivity index (χ4n) is 2.99. The van der Waals surface area contributed by atoms with Crippen molar-refractivity contribution in [1.29, 1.82) is 0 Å². The van der Waals surface area contributed by atoms with Crippen molar-refractivity contribution in [2.45, 2.75) is 72.1 Å². The summed E-state index contributed by atoms with van der Waals surface area (Å²) >= 11 is 0. The molecule has 0 aliphatic rings. The van der Waals surface area contributed by atoms with E-state index in [1.165, 1.54) is 44.9 Å². The van der Waals surface area contributed by atoms with Crippen molar-refractivity contribution in [2.24, 2.45) is 0 Å². The summed E-state index contributed by atoms with van der Waals surface area (Å²) in [4.78, 5) is 2.48. The van der Waals surface area contributed by atoms with Gasteiger partial charge in [0.1, 0.15) is 0 Å². The topological polar surface area (TPSA) is 49.4 Å². The fourth-order valence-corrected chi connectivity index (χ4v) is 2.99. The molecule has 0 atom stereocenters. The van der Waals surface area contributed by atoms with Crippen molar-refractivity contribution in [3.8, 4) is 0 Å². The maximum Gasteiger partial charge on any atom is 0.0701 e. The number of ether oxygens (including phenoxy) is 5. The summed E-state index contributed by atoms with van der Waals surface area (Å²) in [6.07, 6.45) is 10.3. The second kappa shape index (κ2) is 26.8. The van der Waals surface area contributed by atoms with Crippen LogP contribution in [0.1, 0.15) is 72.1 Å². The third kappa shape index (κ3) is 24.0. The number of rotatable bonds is 26. The van der Waals surface area contributed by atoms with E-state index in [9.17, 15) is 0 Å². The van der Waals surface area contributed by atoms with Crippen LogP contribution < -0.4 is 0 Å². The zero-order valence-corrected chi connectivity index (χ0v) is 20.3. The minimum absolute atomic E-state index is 0.606. The highest BCUT2D eigenvalue weighted by Crippen LogP contribution is 2.06. The maximum atomic E-state index is 5.76. The van der Waals surface area contributed by atoms with Gasteiger partial charge in [-0.15, -0.1) is 0 Å². The lowest BCUT2D eigenvalue weighted by Crippen LogP contribution is -2.32. The van der Waals surface area contributed by atoms with E-state index in [0.717, 1.165) is 52.5 Å². The summed E-state index contributed by atoms with van der Waals surface area (Å²) in [5, 5.41) is 0. The zero-order valence-electron chi connectivity index (χ0n) is 20.3. The van der Waals surface area contributed by atoms with Crippen LogP contribution in [0.25, 0.3) is 0 Å². The first-order chi connectivity index (χ1) is 14.8. The lowest BCUT2D eigenvalue weighted by atomic mass is 10.1. The molecule has 0 heterocycles. The van der Waals surface area contributed by atoms with Crippen LogP contribution in [0, 0.1) is 0 Å². The molecule has 0 aliphatic carbocycles. The predicted molar refractivity (Wildman–Crippen MR) is 124 cm³/mol. The van der Waals surface area contributed by atoms with E-state index in [4.69, 9.17) is 23.7 Å². The molecule has 0 saturated carbocycles. The van der Waals surface area contributed by atoms with Crippen molar-refractivity contribution in [3.05, 3.63) is 0 Å². The molecule has 0 aromatic rings. The van der Waals surface area contributed by atoms with Crippen molar-refractivity contribution >= 4 is 0 Å². The SMILES string of the molecule is CCCCCCCCN(CCOCCCC)CCOCCOCCOCCOCC. The highest BCUT2D eigenvalue weighted by atomic mass is 16.6. The van der Waals surface area contributed by atoms with E-state index in [0.29, 0.717) is 39.6 Å². The fraction of sp³-hybridized carbons (Fsp3) is 1.00. The van der Waals surface area contributed by atoms with Gasteiger partial charge in [0, 0.05) is 26.3 Å². The van der Waals surface area contributed by atoms with Crippen LogP contribution >= 0.6 is 0 Å². The molecule has 0 rings (SSSR count). The summed E-state index contributed by atoms with van der Waals surface area (Å²) in [6.45, 7) is 16.5. The summed E-state index contributed by atoms with van der Waals surface area (Å²) in [5.41, 5.74) is 0. The van der Waals surface area contributed by atoms with E-state index in [2.05, 4.69) is 18.7 Å². The van der Waals surface area contributed by atoms with Crippen molar-refractivity contribution < 1.29 is 23.7 Å². The van der Waals surface area contributed by atoms with Crippen molar-refractivity contribution in [2.75, 3.05) is 85.7 Å². The minimum Gasteiger partial charge on any atom is -0.380 e. The molecular formula is C24H51NO5. The summed E-state index contributed by atoms with van der Waals surface area (Å²) in [7, 11) is 0. The second-order valence-electron chi connectivity index (χ2n) is 7.61. The third-order valence-electron chi connectivity index (χ3n) is 4.89. The molecule has 0 unspecified atom stereocenters. The van der Waals surface area contributed by atoms with Gasteiger partial charge in [-0.25, -0.2) is 0 Å². The van der Waals surface area contributed by atoms with Gasteiger partial charge in [-0.05, 0) is 26.3 Å². The number of hydrogen-bond donors (Lipinski definition) is 0. The quantitative estimate of drug-likeness (QED) is 0.187. The molecule has 182 valence electrons. The van der Waals surface area contributed by atoms with Crippen LogP contribution in [0.3, 0.4) is 0 Å². The molecular weight excluding hydrogens is 382 g/mol. The van der Waals surface area contributed by atoms with Crippen LogP contribution in [0.4, 0.5) is 0 Å². The van der Waals surface area contributed by atoms with Crippen LogP contribution in [0.2, 0.25) is 0 Å². The molecule has 0 fully saturated rings. The smallest absolute Gasteiger partial charge is 0.0701 e. The van der Waals surface area contributed by atoms with E-state index >= 15 is 0 Å². The largest absolute Gasteiger partial charge is 0.380 e. The number of hydrogen-bond acceptors (Lipinski definition) is 6. The van der Waals surface area contributed by atoms with Crippen molar-refractivity contribution in [3.63, 3.8) is 0 Å². The van der Waals surface area contributed by atoms with E-state index < -0.39 is 0 Å². The van der Waals surface area contributed by atoms with Gasteiger partial charge < -0.3 is 23.7 Å². The predicted octanol–water partition coefficient (Wildman–Crippen LogP) is 4.55. The second-order valence-corrected chi connectivity index (χ2v) is 7.61. The highest BCUT2D eigenvalue weighted by Gasteiger charge is 2.05. The average Bonchev–Trinajstić information content (AvgIpc) is 2.76. The Bertz CT molecular complexity index is 307. The Hall–Kier alpha value is -0.240. The third-order valence-corrected chi connectivity index (χ3v) is 4.89. The van der Waals surface area contributed by atoms with Crippen LogP contribution in [0.5, 0.6) is 0 Å². The lowest BCUT2D eigenvalue weighted by molar-refractivity contribution is -0.00354. The Labute approximate surface area is 186 Å². The molecule has 6 heteroatoms. The Balaban J connectivity index is 3.67. The minimum atomic E-state index is 0.606. The normalized spacial score (nSPS) is 11.6. The average molecular weight is 434 g/mol. The van der Waals surface area contributed by atoms with Crippen LogP contribution in [-0.2, 0) is 23.7 Å². The van der Waals surface area contributed by atoms with Gasteiger partial charge in [0.25, 0.3) is 0 Å².